The van der Waals surface area contributed by atoms with Crippen LogP contribution < -0.4 is 10.6 Å². The summed E-state index contributed by atoms with van der Waals surface area (Å²) in [5, 5.41) is 6.72. The molecular weight excluding hydrogens is 304 g/mol. The first-order valence-electron chi connectivity index (χ1n) is 8.71. The number of hydrogen-bond donors (Lipinski definition) is 2. The number of hydrogen-bond acceptors (Lipinski definition) is 4. The molecule has 0 aromatic heterocycles. The summed E-state index contributed by atoms with van der Waals surface area (Å²) in [6.07, 6.45) is 0. The number of morpholine rings is 1. The Balaban J connectivity index is 1.85. The van der Waals surface area contributed by atoms with Gasteiger partial charge in [-0.3, -0.25) is 4.90 Å². The highest BCUT2D eigenvalue weighted by Crippen LogP contribution is 2.11. The van der Waals surface area contributed by atoms with E-state index in [-0.39, 0.29) is 0 Å². The molecule has 1 aromatic rings. The van der Waals surface area contributed by atoms with Gasteiger partial charge in [0.25, 0.3) is 0 Å². The Bertz CT molecular complexity index is 502. The summed E-state index contributed by atoms with van der Waals surface area (Å²) in [5.74, 6) is 0.859. The summed E-state index contributed by atoms with van der Waals surface area (Å²) in [4.78, 5) is 7.12. The minimum atomic E-state index is 0.618. The molecule has 24 heavy (non-hydrogen) atoms. The second-order valence-corrected chi connectivity index (χ2v) is 5.78. The van der Waals surface area contributed by atoms with Crippen LogP contribution in [0.5, 0.6) is 0 Å². The molecule has 0 saturated carbocycles. The third-order valence-corrected chi connectivity index (χ3v) is 3.99. The Morgan fingerprint density at radius 1 is 1.21 bits per heavy atom. The van der Waals surface area contributed by atoms with Gasteiger partial charge in [0.05, 0.1) is 26.4 Å². The Labute approximate surface area is 145 Å². The Morgan fingerprint density at radius 3 is 2.67 bits per heavy atom. The fourth-order valence-electron chi connectivity index (χ4n) is 2.67. The van der Waals surface area contributed by atoms with Crippen molar-refractivity contribution in [2.45, 2.75) is 20.1 Å². The third-order valence-electron chi connectivity index (χ3n) is 3.99. The minimum absolute atomic E-state index is 0.618. The Kier molecular flexibility index (Phi) is 8.59. The zero-order valence-electron chi connectivity index (χ0n) is 14.9. The van der Waals surface area contributed by atoms with Crippen LogP contribution in [0.1, 0.15) is 18.1 Å². The molecule has 6 heteroatoms. The molecule has 0 radical (unpaired) electrons. The van der Waals surface area contributed by atoms with E-state index in [1.54, 1.807) is 7.11 Å². The lowest BCUT2D eigenvalue weighted by molar-refractivity contribution is 0.0389. The summed E-state index contributed by atoms with van der Waals surface area (Å²) in [5.41, 5.74) is 2.39. The number of nitrogens with zero attached hydrogens (tertiary/aromatic N) is 2. The maximum Gasteiger partial charge on any atom is 0.191 e. The lowest BCUT2D eigenvalue weighted by Gasteiger charge is -2.26. The minimum Gasteiger partial charge on any atom is -0.380 e. The maximum absolute atomic E-state index is 5.38. The summed E-state index contributed by atoms with van der Waals surface area (Å²) in [6, 6.07) is 8.28. The van der Waals surface area contributed by atoms with Crippen LogP contribution in [0.2, 0.25) is 0 Å². The van der Waals surface area contributed by atoms with E-state index in [1.165, 1.54) is 11.1 Å². The smallest absolute Gasteiger partial charge is 0.191 e. The van der Waals surface area contributed by atoms with Crippen molar-refractivity contribution in [1.82, 2.24) is 15.5 Å². The van der Waals surface area contributed by atoms with Crippen molar-refractivity contribution >= 4 is 5.96 Å². The molecule has 0 bridgehead atoms. The van der Waals surface area contributed by atoms with E-state index in [0.717, 1.165) is 51.9 Å². The standard InChI is InChI=1S/C18H30N4O2/c1-3-19-18(20-8-9-22-10-12-24-13-11-22)21-14-16-6-4-5-7-17(16)15-23-2/h4-7H,3,8-15H2,1-2H3,(H2,19,20,21). The summed E-state index contributed by atoms with van der Waals surface area (Å²) < 4.78 is 10.6. The lowest BCUT2D eigenvalue weighted by atomic mass is 10.1. The van der Waals surface area contributed by atoms with Gasteiger partial charge in [-0.25, -0.2) is 4.99 Å². The van der Waals surface area contributed by atoms with Crippen molar-refractivity contribution in [1.29, 1.82) is 0 Å². The lowest BCUT2D eigenvalue weighted by Crippen LogP contribution is -2.44. The predicted molar refractivity (Wildman–Crippen MR) is 97.2 cm³/mol. The van der Waals surface area contributed by atoms with Gasteiger partial charge < -0.3 is 20.1 Å². The van der Waals surface area contributed by atoms with Gasteiger partial charge in [-0.1, -0.05) is 24.3 Å². The maximum atomic E-state index is 5.38. The van der Waals surface area contributed by atoms with Crippen LogP contribution in [-0.2, 0) is 22.6 Å². The predicted octanol–water partition coefficient (Wildman–Crippen LogP) is 1.22. The highest BCUT2D eigenvalue weighted by molar-refractivity contribution is 5.79. The number of nitrogens with one attached hydrogen (secondary N) is 2. The van der Waals surface area contributed by atoms with Crippen LogP contribution in [0.15, 0.2) is 29.3 Å². The van der Waals surface area contributed by atoms with Crippen molar-refractivity contribution in [3.05, 3.63) is 35.4 Å². The number of rotatable bonds is 8. The van der Waals surface area contributed by atoms with Crippen LogP contribution >= 0.6 is 0 Å². The first kappa shape index (κ1) is 18.7. The monoisotopic (exact) mass is 334 g/mol. The molecule has 0 atom stereocenters. The van der Waals surface area contributed by atoms with Crippen molar-refractivity contribution in [2.75, 3.05) is 53.0 Å². The molecule has 1 fully saturated rings. The van der Waals surface area contributed by atoms with Gasteiger partial charge in [0, 0.05) is 39.8 Å². The normalized spacial score (nSPS) is 16.2. The van der Waals surface area contributed by atoms with Crippen molar-refractivity contribution in [3.63, 3.8) is 0 Å². The number of methoxy groups -OCH3 is 1. The van der Waals surface area contributed by atoms with Crippen molar-refractivity contribution in [3.8, 4) is 0 Å². The van der Waals surface area contributed by atoms with E-state index < -0.39 is 0 Å². The molecule has 1 saturated heterocycles. The molecule has 1 aromatic carbocycles. The zero-order chi connectivity index (χ0) is 17.0. The van der Waals surface area contributed by atoms with E-state index in [2.05, 4.69) is 34.6 Å². The molecule has 0 unspecified atom stereocenters. The fraction of sp³-hybridized carbons (Fsp3) is 0.611. The van der Waals surface area contributed by atoms with Crippen LogP contribution in [0.25, 0.3) is 0 Å². The molecule has 0 aliphatic carbocycles. The third kappa shape index (κ3) is 6.47. The topological polar surface area (TPSA) is 58.1 Å². The van der Waals surface area contributed by atoms with Crippen LogP contribution in [0.4, 0.5) is 0 Å². The molecule has 0 amide bonds. The molecule has 134 valence electrons. The molecule has 1 aliphatic heterocycles. The average molecular weight is 334 g/mol. The second kappa shape index (κ2) is 11.0. The number of ether oxygens (including phenoxy) is 2. The highest BCUT2D eigenvalue weighted by Gasteiger charge is 2.09. The Hall–Kier alpha value is -1.63. The van der Waals surface area contributed by atoms with Crippen LogP contribution in [-0.4, -0.2) is 63.9 Å². The molecule has 0 spiro atoms. The summed E-state index contributed by atoms with van der Waals surface area (Å²) >= 11 is 0. The summed E-state index contributed by atoms with van der Waals surface area (Å²) in [7, 11) is 1.72. The van der Waals surface area contributed by atoms with Gasteiger partial charge in [0.1, 0.15) is 0 Å². The second-order valence-electron chi connectivity index (χ2n) is 5.78. The Morgan fingerprint density at radius 2 is 1.96 bits per heavy atom. The van der Waals surface area contributed by atoms with Gasteiger partial charge in [-0.2, -0.15) is 0 Å². The van der Waals surface area contributed by atoms with Crippen molar-refractivity contribution < 1.29 is 9.47 Å². The summed E-state index contributed by atoms with van der Waals surface area (Å²) in [6.45, 7) is 9.79. The zero-order valence-corrected chi connectivity index (χ0v) is 14.9. The van der Waals surface area contributed by atoms with E-state index in [9.17, 15) is 0 Å². The number of aliphatic imine (C=N–C) groups is 1. The van der Waals surface area contributed by atoms with E-state index >= 15 is 0 Å². The van der Waals surface area contributed by atoms with Gasteiger partial charge in [0.2, 0.25) is 0 Å². The largest absolute Gasteiger partial charge is 0.380 e. The van der Waals surface area contributed by atoms with E-state index in [1.807, 2.05) is 12.1 Å². The van der Waals surface area contributed by atoms with E-state index in [0.29, 0.717) is 13.2 Å². The average Bonchev–Trinajstić information content (AvgIpc) is 2.62. The molecule has 6 nitrogen and oxygen atoms in total. The van der Waals surface area contributed by atoms with Gasteiger partial charge in [-0.05, 0) is 18.1 Å². The fourth-order valence-corrected chi connectivity index (χ4v) is 2.67. The van der Waals surface area contributed by atoms with Gasteiger partial charge in [-0.15, -0.1) is 0 Å². The van der Waals surface area contributed by atoms with Crippen LogP contribution in [0, 0.1) is 0 Å². The SMILES string of the molecule is CCNC(=NCc1ccccc1COC)NCCN1CCOCC1. The van der Waals surface area contributed by atoms with Crippen molar-refractivity contribution in [2.24, 2.45) is 4.99 Å². The first-order valence-corrected chi connectivity index (χ1v) is 8.71. The molecule has 1 heterocycles. The highest BCUT2D eigenvalue weighted by atomic mass is 16.5. The van der Waals surface area contributed by atoms with Gasteiger partial charge in [0.15, 0.2) is 5.96 Å². The molecule has 2 rings (SSSR count). The first-order chi connectivity index (χ1) is 11.8. The molecule has 2 N–H and O–H groups in total. The van der Waals surface area contributed by atoms with Crippen LogP contribution in [0.3, 0.4) is 0 Å². The quantitative estimate of drug-likeness (QED) is 0.553. The van der Waals surface area contributed by atoms with Gasteiger partial charge >= 0.3 is 0 Å². The van der Waals surface area contributed by atoms with E-state index in [4.69, 9.17) is 14.5 Å². The molecular formula is C18H30N4O2. The number of guanidine groups is 1. The number of benzene rings is 1. The molecule has 1 aliphatic rings.